The minimum absolute atomic E-state index is 0.492. The van der Waals surface area contributed by atoms with E-state index in [0.29, 0.717) is 6.04 Å². The maximum atomic E-state index is 4.70. The number of hydrogen-bond donors (Lipinski definition) is 0. The quantitative estimate of drug-likeness (QED) is 0.690. The van der Waals surface area contributed by atoms with Crippen LogP contribution in [0.4, 0.5) is 11.6 Å². The predicted octanol–water partition coefficient (Wildman–Crippen LogP) is 3.25. The van der Waals surface area contributed by atoms with Crippen molar-refractivity contribution in [3.63, 3.8) is 0 Å². The summed E-state index contributed by atoms with van der Waals surface area (Å²) in [5.41, 5.74) is 3.37. The second kappa shape index (κ2) is 4.16. The normalized spacial score (nSPS) is 15.8. The molecule has 1 saturated carbocycles. The zero-order valence-corrected chi connectivity index (χ0v) is 12.3. The van der Waals surface area contributed by atoms with Crippen molar-refractivity contribution in [2.45, 2.75) is 25.8 Å². The number of pyridine rings is 2. The number of nitrogens with zero attached hydrogens (tertiary/aromatic N) is 5. The highest BCUT2D eigenvalue weighted by atomic mass is 15.3. The molecule has 0 N–H and O–H groups in total. The van der Waals surface area contributed by atoms with E-state index in [0.717, 1.165) is 28.7 Å². The molecule has 1 aliphatic carbocycles. The van der Waals surface area contributed by atoms with Gasteiger partial charge in [-0.1, -0.05) is 0 Å². The van der Waals surface area contributed by atoms with E-state index in [1.54, 1.807) is 0 Å². The molecule has 0 radical (unpaired) electrons. The molecule has 3 aromatic heterocycles. The molecule has 5 heteroatoms. The van der Waals surface area contributed by atoms with E-state index in [-0.39, 0.29) is 0 Å². The number of aromatic nitrogens is 4. The van der Waals surface area contributed by atoms with Gasteiger partial charge in [-0.05, 0) is 43.5 Å². The second-order valence-corrected chi connectivity index (χ2v) is 5.90. The van der Waals surface area contributed by atoms with Gasteiger partial charge in [0, 0.05) is 30.8 Å². The molecular weight excluding hydrogens is 274 g/mol. The van der Waals surface area contributed by atoms with Gasteiger partial charge in [0.05, 0.1) is 11.3 Å². The zero-order valence-electron chi connectivity index (χ0n) is 12.3. The first kappa shape index (κ1) is 11.9. The van der Waals surface area contributed by atoms with Crippen molar-refractivity contribution in [1.29, 1.82) is 0 Å². The summed E-state index contributed by atoms with van der Waals surface area (Å²) < 4.78 is 2.14. The smallest absolute Gasteiger partial charge is 0.159 e. The van der Waals surface area contributed by atoms with Crippen molar-refractivity contribution >= 4 is 11.6 Å². The Kier molecular flexibility index (Phi) is 2.25. The van der Waals surface area contributed by atoms with Gasteiger partial charge in [-0.2, -0.15) is 0 Å². The number of hydrogen-bond acceptors (Lipinski definition) is 4. The van der Waals surface area contributed by atoms with E-state index in [9.17, 15) is 0 Å². The van der Waals surface area contributed by atoms with E-state index < -0.39 is 0 Å². The van der Waals surface area contributed by atoms with Crippen molar-refractivity contribution in [3.8, 4) is 17.1 Å². The summed E-state index contributed by atoms with van der Waals surface area (Å²) in [6.45, 7) is 2.12. The first-order chi connectivity index (χ1) is 10.8. The zero-order chi connectivity index (χ0) is 14.7. The lowest BCUT2D eigenvalue weighted by Crippen LogP contribution is -2.23. The monoisotopic (exact) mass is 289 g/mol. The van der Waals surface area contributed by atoms with Crippen LogP contribution in [0, 0.1) is 6.92 Å². The van der Waals surface area contributed by atoms with Gasteiger partial charge in [0.2, 0.25) is 0 Å². The lowest BCUT2D eigenvalue weighted by atomic mass is 10.2. The molecule has 22 heavy (non-hydrogen) atoms. The van der Waals surface area contributed by atoms with Gasteiger partial charge in [0.25, 0.3) is 0 Å². The Morgan fingerprint density at radius 3 is 2.73 bits per heavy atom. The van der Waals surface area contributed by atoms with Crippen LogP contribution in [0.3, 0.4) is 0 Å². The number of imidazole rings is 1. The SMILES string of the molecule is Cc1ccnc2c1-n1ccnc1-c1cccnc1N2C1CC1. The van der Waals surface area contributed by atoms with Crippen LogP contribution in [0.15, 0.2) is 43.0 Å². The molecule has 0 atom stereocenters. The third-order valence-electron chi connectivity index (χ3n) is 4.38. The maximum absolute atomic E-state index is 4.70. The second-order valence-electron chi connectivity index (χ2n) is 5.90. The van der Waals surface area contributed by atoms with Crippen LogP contribution in [0.25, 0.3) is 17.1 Å². The topological polar surface area (TPSA) is 46.8 Å². The Labute approximate surface area is 128 Å². The van der Waals surface area contributed by atoms with Crippen LogP contribution in [0.5, 0.6) is 0 Å². The van der Waals surface area contributed by atoms with Crippen LogP contribution in [-0.2, 0) is 0 Å². The Balaban J connectivity index is 1.93. The molecule has 1 aliphatic heterocycles. The third-order valence-corrected chi connectivity index (χ3v) is 4.38. The van der Waals surface area contributed by atoms with Crippen LogP contribution >= 0.6 is 0 Å². The Morgan fingerprint density at radius 2 is 1.86 bits per heavy atom. The Hall–Kier alpha value is -2.69. The summed E-state index contributed by atoms with van der Waals surface area (Å²) in [4.78, 5) is 16.2. The minimum atomic E-state index is 0.492. The van der Waals surface area contributed by atoms with Crippen molar-refractivity contribution in [1.82, 2.24) is 19.5 Å². The highest BCUT2D eigenvalue weighted by Gasteiger charge is 2.37. The van der Waals surface area contributed by atoms with Crippen LogP contribution in [-0.4, -0.2) is 25.6 Å². The molecule has 5 nitrogen and oxygen atoms in total. The minimum Gasteiger partial charge on any atom is -0.306 e. The summed E-state index contributed by atoms with van der Waals surface area (Å²) >= 11 is 0. The number of aryl methyl sites for hydroxylation is 1. The first-order valence-corrected chi connectivity index (χ1v) is 7.58. The molecule has 0 saturated heterocycles. The van der Waals surface area contributed by atoms with Gasteiger partial charge in [0.1, 0.15) is 11.6 Å². The third kappa shape index (κ3) is 1.51. The molecule has 0 bridgehead atoms. The van der Waals surface area contributed by atoms with Gasteiger partial charge in [-0.15, -0.1) is 0 Å². The van der Waals surface area contributed by atoms with E-state index in [1.165, 1.54) is 18.4 Å². The Morgan fingerprint density at radius 1 is 1.00 bits per heavy atom. The number of fused-ring (bicyclic) bond motifs is 5. The van der Waals surface area contributed by atoms with Crippen LogP contribution in [0.2, 0.25) is 0 Å². The molecule has 2 aliphatic rings. The molecule has 0 aromatic carbocycles. The van der Waals surface area contributed by atoms with Crippen molar-refractivity contribution < 1.29 is 0 Å². The van der Waals surface area contributed by atoms with Gasteiger partial charge < -0.3 is 4.90 Å². The van der Waals surface area contributed by atoms with Gasteiger partial charge in [-0.25, -0.2) is 15.0 Å². The standard InChI is InChI=1S/C17H15N5/c1-11-6-8-19-17-14(11)21-10-9-20-15(21)13-3-2-7-18-16(13)22(17)12-4-5-12/h2-3,6-10,12H,4-5H2,1H3. The Bertz CT molecular complexity index is 878. The molecule has 0 amide bonds. The average Bonchev–Trinajstić information content (AvgIpc) is 3.26. The lowest BCUT2D eigenvalue weighted by molar-refractivity contribution is 0.911. The van der Waals surface area contributed by atoms with Gasteiger partial charge in [-0.3, -0.25) is 4.57 Å². The molecule has 0 spiro atoms. The number of rotatable bonds is 1. The van der Waals surface area contributed by atoms with Gasteiger partial charge in [0.15, 0.2) is 5.82 Å². The molecule has 3 aromatic rings. The molecular formula is C17H15N5. The van der Waals surface area contributed by atoms with E-state index in [2.05, 4.69) is 38.5 Å². The largest absolute Gasteiger partial charge is 0.306 e. The summed E-state index contributed by atoms with van der Waals surface area (Å²) in [7, 11) is 0. The maximum Gasteiger partial charge on any atom is 0.159 e. The van der Waals surface area contributed by atoms with E-state index in [1.807, 2.05) is 30.9 Å². The molecule has 108 valence electrons. The van der Waals surface area contributed by atoms with E-state index in [4.69, 9.17) is 4.98 Å². The molecule has 0 unspecified atom stereocenters. The summed E-state index contributed by atoms with van der Waals surface area (Å²) in [6.07, 6.45) is 9.96. The fourth-order valence-corrected chi connectivity index (χ4v) is 3.24. The fourth-order valence-electron chi connectivity index (χ4n) is 3.24. The van der Waals surface area contributed by atoms with Crippen LogP contribution < -0.4 is 4.90 Å². The first-order valence-electron chi connectivity index (χ1n) is 7.58. The van der Waals surface area contributed by atoms with Crippen molar-refractivity contribution in [2.24, 2.45) is 0 Å². The lowest BCUT2D eigenvalue weighted by Gasteiger charge is -2.24. The number of anilines is 2. The van der Waals surface area contributed by atoms with Crippen LogP contribution in [0.1, 0.15) is 18.4 Å². The highest BCUT2D eigenvalue weighted by Crippen LogP contribution is 2.46. The van der Waals surface area contributed by atoms with Crippen molar-refractivity contribution in [2.75, 3.05) is 4.90 Å². The predicted molar refractivity (Wildman–Crippen MR) is 84.5 cm³/mol. The summed E-state index contributed by atoms with van der Waals surface area (Å²) in [5, 5.41) is 0. The van der Waals surface area contributed by atoms with E-state index >= 15 is 0 Å². The van der Waals surface area contributed by atoms with Gasteiger partial charge >= 0.3 is 0 Å². The highest BCUT2D eigenvalue weighted by molar-refractivity contribution is 5.84. The van der Waals surface area contributed by atoms with Crippen molar-refractivity contribution in [3.05, 3.63) is 48.5 Å². The molecule has 4 heterocycles. The summed E-state index contributed by atoms with van der Waals surface area (Å²) in [5.74, 6) is 2.89. The molecule has 1 fully saturated rings. The summed E-state index contributed by atoms with van der Waals surface area (Å²) in [6, 6.07) is 6.61. The average molecular weight is 289 g/mol. The molecule has 5 rings (SSSR count). The fraction of sp³-hybridized carbons (Fsp3) is 0.235.